The summed E-state index contributed by atoms with van der Waals surface area (Å²) in [5.41, 5.74) is 8.35. The van der Waals surface area contributed by atoms with Gasteiger partial charge in [-0.05, 0) is 26.3 Å². The van der Waals surface area contributed by atoms with Gasteiger partial charge in [-0.25, -0.2) is 0 Å². The Kier molecular flexibility index (Phi) is 5.01. The van der Waals surface area contributed by atoms with Crippen molar-refractivity contribution in [2.24, 2.45) is 10.7 Å². The molecule has 0 saturated carbocycles. The van der Waals surface area contributed by atoms with Crippen LogP contribution in [0.5, 0.6) is 0 Å². The first-order chi connectivity index (χ1) is 7.99. The van der Waals surface area contributed by atoms with Gasteiger partial charge in [0, 0.05) is 18.5 Å². The van der Waals surface area contributed by atoms with E-state index in [1.54, 1.807) is 0 Å². The number of benzene rings is 1. The number of nitrogens with one attached hydrogen (secondary N) is 1. The molecule has 17 heavy (non-hydrogen) atoms. The summed E-state index contributed by atoms with van der Waals surface area (Å²) in [5.74, 6) is 0.919. The lowest BCUT2D eigenvalue weighted by molar-refractivity contribution is 0.712. The van der Waals surface area contributed by atoms with E-state index in [1.165, 1.54) is 11.1 Å². The lowest BCUT2D eigenvalue weighted by Crippen LogP contribution is -2.37. The molecule has 0 bridgehead atoms. The van der Waals surface area contributed by atoms with Crippen LogP contribution in [-0.2, 0) is 0 Å². The molecule has 0 saturated heterocycles. The molecule has 1 unspecified atom stereocenters. The maximum absolute atomic E-state index is 5.76. The van der Waals surface area contributed by atoms with Gasteiger partial charge in [0.1, 0.15) is 0 Å². The molecule has 0 aliphatic carbocycles. The molecule has 3 nitrogen and oxygen atoms in total. The fourth-order valence-electron chi connectivity index (χ4n) is 1.58. The molecule has 1 aromatic rings. The Morgan fingerprint density at radius 3 is 2.35 bits per heavy atom. The van der Waals surface area contributed by atoms with Crippen molar-refractivity contribution < 1.29 is 0 Å². The van der Waals surface area contributed by atoms with E-state index >= 15 is 0 Å². The van der Waals surface area contributed by atoms with Crippen LogP contribution in [0.4, 0.5) is 0 Å². The second-order valence-corrected chi connectivity index (χ2v) is 4.84. The molecule has 0 aromatic heterocycles. The SMILES string of the molecule is Cc1ccc(C(C)CN=C(N)NC(C)C)cc1. The first-order valence-electron chi connectivity index (χ1n) is 6.12. The Morgan fingerprint density at radius 2 is 1.82 bits per heavy atom. The fraction of sp³-hybridized carbons (Fsp3) is 0.500. The Balaban J connectivity index is 2.54. The number of aryl methyl sites for hydroxylation is 1. The van der Waals surface area contributed by atoms with Crippen LogP contribution in [0, 0.1) is 6.92 Å². The van der Waals surface area contributed by atoms with Crippen LogP contribution in [0.15, 0.2) is 29.3 Å². The Hall–Kier alpha value is -1.51. The summed E-state index contributed by atoms with van der Waals surface area (Å²) in [5, 5.41) is 3.09. The smallest absolute Gasteiger partial charge is 0.188 e. The molecule has 1 atom stereocenters. The zero-order valence-corrected chi connectivity index (χ0v) is 11.2. The average Bonchev–Trinajstić information content (AvgIpc) is 2.26. The largest absolute Gasteiger partial charge is 0.370 e. The summed E-state index contributed by atoms with van der Waals surface area (Å²) in [7, 11) is 0. The standard InChI is InChI=1S/C14H23N3/c1-10(2)17-14(15)16-9-12(4)13-7-5-11(3)6-8-13/h5-8,10,12H,9H2,1-4H3,(H3,15,16,17). The van der Waals surface area contributed by atoms with E-state index in [-0.39, 0.29) is 0 Å². The summed E-state index contributed by atoms with van der Waals surface area (Å²) in [6, 6.07) is 8.90. The molecule has 1 rings (SSSR count). The van der Waals surface area contributed by atoms with E-state index in [1.807, 2.05) is 13.8 Å². The Bertz CT molecular complexity index is 366. The van der Waals surface area contributed by atoms with Gasteiger partial charge >= 0.3 is 0 Å². The van der Waals surface area contributed by atoms with Crippen molar-refractivity contribution in [3.63, 3.8) is 0 Å². The summed E-state index contributed by atoms with van der Waals surface area (Å²) in [4.78, 5) is 4.35. The number of hydrogen-bond donors (Lipinski definition) is 2. The van der Waals surface area contributed by atoms with E-state index in [0.29, 0.717) is 24.5 Å². The molecule has 0 amide bonds. The molecule has 94 valence electrons. The van der Waals surface area contributed by atoms with E-state index in [0.717, 1.165) is 0 Å². The molecule has 0 spiro atoms. The highest BCUT2D eigenvalue weighted by Gasteiger charge is 2.04. The van der Waals surface area contributed by atoms with Crippen LogP contribution in [0.3, 0.4) is 0 Å². The Morgan fingerprint density at radius 1 is 1.24 bits per heavy atom. The minimum absolute atomic E-state index is 0.327. The van der Waals surface area contributed by atoms with Gasteiger partial charge in [0.05, 0.1) is 0 Å². The van der Waals surface area contributed by atoms with Crippen LogP contribution in [0.2, 0.25) is 0 Å². The second kappa shape index (κ2) is 6.28. The first-order valence-corrected chi connectivity index (χ1v) is 6.12. The maximum atomic E-state index is 5.76. The van der Waals surface area contributed by atoms with Gasteiger partial charge in [-0.2, -0.15) is 0 Å². The minimum atomic E-state index is 0.327. The van der Waals surface area contributed by atoms with E-state index < -0.39 is 0 Å². The lowest BCUT2D eigenvalue weighted by Gasteiger charge is -2.12. The molecule has 0 heterocycles. The zero-order valence-electron chi connectivity index (χ0n) is 11.2. The average molecular weight is 233 g/mol. The zero-order chi connectivity index (χ0) is 12.8. The van der Waals surface area contributed by atoms with Crippen molar-refractivity contribution in [1.29, 1.82) is 0 Å². The third kappa shape index (κ3) is 4.89. The monoisotopic (exact) mass is 233 g/mol. The molecular weight excluding hydrogens is 210 g/mol. The van der Waals surface area contributed by atoms with Crippen molar-refractivity contribution in [3.05, 3.63) is 35.4 Å². The van der Waals surface area contributed by atoms with E-state index in [4.69, 9.17) is 5.73 Å². The molecule has 0 aliphatic heterocycles. The van der Waals surface area contributed by atoms with Crippen molar-refractivity contribution in [1.82, 2.24) is 5.32 Å². The minimum Gasteiger partial charge on any atom is -0.370 e. The lowest BCUT2D eigenvalue weighted by atomic mass is 10.0. The number of aliphatic imine (C=N–C) groups is 1. The third-order valence-electron chi connectivity index (χ3n) is 2.62. The van der Waals surface area contributed by atoms with Gasteiger partial charge in [0.2, 0.25) is 0 Å². The van der Waals surface area contributed by atoms with Gasteiger partial charge in [-0.3, -0.25) is 4.99 Å². The fourth-order valence-corrected chi connectivity index (χ4v) is 1.58. The van der Waals surface area contributed by atoms with E-state index in [9.17, 15) is 0 Å². The number of hydrogen-bond acceptors (Lipinski definition) is 1. The molecule has 3 N–H and O–H groups in total. The summed E-state index contributed by atoms with van der Waals surface area (Å²) < 4.78 is 0. The van der Waals surface area contributed by atoms with Gasteiger partial charge in [0.25, 0.3) is 0 Å². The van der Waals surface area contributed by atoms with Crippen LogP contribution < -0.4 is 11.1 Å². The number of rotatable bonds is 4. The molecule has 0 radical (unpaired) electrons. The molecular formula is C14H23N3. The van der Waals surface area contributed by atoms with Gasteiger partial charge < -0.3 is 11.1 Å². The first kappa shape index (κ1) is 13.6. The second-order valence-electron chi connectivity index (χ2n) is 4.84. The predicted molar refractivity (Wildman–Crippen MR) is 74.4 cm³/mol. The summed E-state index contributed by atoms with van der Waals surface area (Å²) in [6.07, 6.45) is 0. The summed E-state index contributed by atoms with van der Waals surface area (Å²) in [6.45, 7) is 9.07. The number of nitrogens with two attached hydrogens (primary N) is 1. The molecule has 1 aromatic carbocycles. The normalized spacial score (nSPS) is 13.8. The van der Waals surface area contributed by atoms with E-state index in [2.05, 4.69) is 48.4 Å². The Labute approximate surface area is 104 Å². The highest BCUT2D eigenvalue weighted by atomic mass is 15.1. The molecule has 0 fully saturated rings. The van der Waals surface area contributed by atoms with Crippen molar-refractivity contribution >= 4 is 5.96 Å². The van der Waals surface area contributed by atoms with Crippen LogP contribution in [0.1, 0.15) is 37.8 Å². The van der Waals surface area contributed by atoms with Crippen LogP contribution in [0.25, 0.3) is 0 Å². The maximum Gasteiger partial charge on any atom is 0.188 e. The third-order valence-corrected chi connectivity index (χ3v) is 2.62. The van der Waals surface area contributed by atoms with Crippen molar-refractivity contribution in [3.8, 4) is 0 Å². The highest BCUT2D eigenvalue weighted by Crippen LogP contribution is 2.15. The molecule has 0 aliphatic rings. The topological polar surface area (TPSA) is 50.4 Å². The number of guanidine groups is 1. The highest BCUT2D eigenvalue weighted by molar-refractivity contribution is 5.78. The quantitative estimate of drug-likeness (QED) is 0.620. The molecule has 3 heteroatoms. The van der Waals surface area contributed by atoms with Gasteiger partial charge in [0.15, 0.2) is 5.96 Å². The van der Waals surface area contributed by atoms with Gasteiger partial charge in [-0.1, -0.05) is 36.8 Å². The number of nitrogens with zero attached hydrogens (tertiary/aromatic N) is 1. The summed E-state index contributed by atoms with van der Waals surface area (Å²) >= 11 is 0. The van der Waals surface area contributed by atoms with Crippen molar-refractivity contribution in [2.75, 3.05) is 6.54 Å². The van der Waals surface area contributed by atoms with Crippen molar-refractivity contribution in [2.45, 2.75) is 39.7 Å². The van der Waals surface area contributed by atoms with Crippen LogP contribution >= 0.6 is 0 Å². The van der Waals surface area contributed by atoms with Gasteiger partial charge in [-0.15, -0.1) is 0 Å². The predicted octanol–water partition coefficient (Wildman–Crippen LogP) is 2.41. The van der Waals surface area contributed by atoms with Crippen LogP contribution in [-0.4, -0.2) is 18.5 Å².